The average molecular weight is 275 g/mol. The van der Waals surface area contributed by atoms with Crippen LogP contribution in [0.1, 0.15) is 32.3 Å². The minimum Gasteiger partial charge on any atom is -0.494 e. The highest BCUT2D eigenvalue weighted by Gasteiger charge is 2.52. The fraction of sp³-hybridized carbons (Fsp3) is 0.500. The molecule has 0 saturated heterocycles. The highest BCUT2D eigenvalue weighted by molar-refractivity contribution is 5.94. The second kappa shape index (κ2) is 4.90. The molecule has 1 fully saturated rings. The summed E-state index contributed by atoms with van der Waals surface area (Å²) in [6.45, 7) is 3.73. The monoisotopic (exact) mass is 275 g/mol. The number of Topliss-reactive ketones (excluding diaryl/α,β-unsaturated/α-hetero) is 1. The highest BCUT2D eigenvalue weighted by Crippen LogP contribution is 2.47. The Morgan fingerprint density at radius 2 is 2.10 bits per heavy atom. The van der Waals surface area contributed by atoms with Gasteiger partial charge in [-0.15, -0.1) is 0 Å². The summed E-state index contributed by atoms with van der Waals surface area (Å²) in [5.41, 5.74) is -0.846. The summed E-state index contributed by atoms with van der Waals surface area (Å²) in [5, 5.41) is 9.46. The van der Waals surface area contributed by atoms with Crippen LogP contribution in [0.15, 0.2) is 18.2 Å². The molecule has 1 unspecified atom stereocenters. The van der Waals surface area contributed by atoms with Gasteiger partial charge in [0.1, 0.15) is 5.41 Å². The van der Waals surface area contributed by atoms with Crippen LogP contribution in [0.2, 0.25) is 0 Å². The lowest BCUT2D eigenvalue weighted by Crippen LogP contribution is -2.33. The molecule has 106 valence electrons. The van der Waals surface area contributed by atoms with Crippen LogP contribution < -0.4 is 4.74 Å². The van der Waals surface area contributed by atoms with E-state index in [0.29, 0.717) is 18.4 Å². The first-order valence-electron chi connectivity index (χ1n) is 6.63. The molecule has 1 aromatic carbocycles. The molecule has 0 heterocycles. The number of carbonyl (C=O) groups is 1. The molecule has 1 aromatic rings. The molecule has 2 rings (SSSR count). The molecule has 1 aliphatic carbocycles. The van der Waals surface area contributed by atoms with Gasteiger partial charge in [0, 0.05) is 5.41 Å². The van der Waals surface area contributed by atoms with Gasteiger partial charge >= 0.3 is 0 Å². The van der Waals surface area contributed by atoms with Crippen LogP contribution in [0.3, 0.4) is 0 Å². The van der Waals surface area contributed by atoms with E-state index >= 15 is 0 Å². The van der Waals surface area contributed by atoms with Crippen molar-refractivity contribution in [2.24, 2.45) is 10.8 Å². The number of ketones is 1. The Kier molecular flexibility index (Phi) is 3.56. The maximum atomic E-state index is 13.7. The van der Waals surface area contributed by atoms with E-state index in [0.717, 1.165) is 0 Å². The number of hydrogen-bond donors (Lipinski definition) is 0. The molecule has 0 radical (unpaired) electrons. The van der Waals surface area contributed by atoms with Crippen LogP contribution in [0.4, 0.5) is 4.39 Å². The molecular formula is C16H18FNO2. The molecule has 1 atom stereocenters. The van der Waals surface area contributed by atoms with E-state index in [4.69, 9.17) is 4.74 Å². The Morgan fingerprint density at radius 1 is 1.40 bits per heavy atom. The van der Waals surface area contributed by atoms with Crippen LogP contribution in [0.25, 0.3) is 0 Å². The maximum Gasteiger partial charge on any atom is 0.165 e. The normalized spacial score (nSPS) is 24.4. The van der Waals surface area contributed by atoms with Gasteiger partial charge in [-0.2, -0.15) is 5.26 Å². The van der Waals surface area contributed by atoms with Gasteiger partial charge in [0.2, 0.25) is 0 Å². The van der Waals surface area contributed by atoms with Gasteiger partial charge in [-0.1, -0.05) is 19.9 Å². The minimum atomic E-state index is -1.02. The lowest BCUT2D eigenvalue weighted by Gasteiger charge is -2.22. The Bertz CT molecular complexity index is 589. The molecule has 1 saturated carbocycles. The van der Waals surface area contributed by atoms with Crippen molar-refractivity contribution in [2.45, 2.75) is 33.1 Å². The third-order valence-corrected chi connectivity index (χ3v) is 4.16. The van der Waals surface area contributed by atoms with Crippen molar-refractivity contribution >= 4 is 5.78 Å². The van der Waals surface area contributed by atoms with E-state index in [9.17, 15) is 14.4 Å². The Labute approximate surface area is 118 Å². The quantitative estimate of drug-likeness (QED) is 0.850. The number of nitriles is 1. The van der Waals surface area contributed by atoms with Gasteiger partial charge < -0.3 is 4.74 Å². The predicted molar refractivity (Wildman–Crippen MR) is 72.7 cm³/mol. The number of benzene rings is 1. The topological polar surface area (TPSA) is 50.1 Å². The highest BCUT2D eigenvalue weighted by atomic mass is 19.1. The Balaban J connectivity index is 2.31. The first-order chi connectivity index (χ1) is 9.34. The van der Waals surface area contributed by atoms with E-state index in [1.54, 1.807) is 6.07 Å². The van der Waals surface area contributed by atoms with Crippen molar-refractivity contribution in [2.75, 3.05) is 7.11 Å². The van der Waals surface area contributed by atoms with Gasteiger partial charge in [0.05, 0.1) is 13.2 Å². The van der Waals surface area contributed by atoms with Gasteiger partial charge in [-0.25, -0.2) is 4.39 Å². The van der Waals surface area contributed by atoms with Gasteiger partial charge in [-0.05, 0) is 37.0 Å². The Hall–Kier alpha value is -1.89. The number of carbonyl (C=O) groups excluding carboxylic acids is 1. The van der Waals surface area contributed by atoms with Crippen molar-refractivity contribution in [1.29, 1.82) is 5.26 Å². The number of methoxy groups -OCH3 is 1. The fourth-order valence-electron chi connectivity index (χ4n) is 2.88. The molecule has 0 amide bonds. The second-order valence-corrected chi connectivity index (χ2v) is 6.05. The third kappa shape index (κ3) is 2.29. The minimum absolute atomic E-state index is 0.0382. The summed E-state index contributed by atoms with van der Waals surface area (Å²) < 4.78 is 18.6. The maximum absolute atomic E-state index is 13.7. The molecule has 0 bridgehead atoms. The number of rotatable bonds is 3. The lowest BCUT2D eigenvalue weighted by molar-refractivity contribution is -0.130. The fourth-order valence-corrected chi connectivity index (χ4v) is 2.88. The second-order valence-electron chi connectivity index (χ2n) is 6.05. The lowest BCUT2D eigenvalue weighted by atomic mass is 9.77. The van der Waals surface area contributed by atoms with E-state index in [1.165, 1.54) is 19.2 Å². The molecule has 20 heavy (non-hydrogen) atoms. The van der Waals surface area contributed by atoms with Crippen molar-refractivity contribution in [3.05, 3.63) is 29.6 Å². The number of halogens is 1. The summed E-state index contributed by atoms with van der Waals surface area (Å²) in [6, 6.07) is 6.76. The SMILES string of the molecule is COc1ccc(CC2(C#N)CCC(C)(C)C2=O)cc1F. The zero-order valence-corrected chi connectivity index (χ0v) is 12.0. The molecular weight excluding hydrogens is 257 g/mol. The average Bonchev–Trinajstić information content (AvgIpc) is 2.64. The van der Waals surface area contributed by atoms with Crippen molar-refractivity contribution in [3.63, 3.8) is 0 Å². The van der Waals surface area contributed by atoms with E-state index < -0.39 is 16.6 Å². The van der Waals surface area contributed by atoms with Crippen molar-refractivity contribution < 1.29 is 13.9 Å². The van der Waals surface area contributed by atoms with Crippen LogP contribution >= 0.6 is 0 Å². The molecule has 0 spiro atoms. The summed E-state index contributed by atoms with van der Waals surface area (Å²) >= 11 is 0. The smallest absolute Gasteiger partial charge is 0.165 e. The Morgan fingerprint density at radius 3 is 2.55 bits per heavy atom. The molecule has 0 aliphatic heterocycles. The van der Waals surface area contributed by atoms with Crippen LogP contribution in [0, 0.1) is 28.0 Å². The molecule has 3 nitrogen and oxygen atoms in total. The van der Waals surface area contributed by atoms with Gasteiger partial charge in [-0.3, -0.25) is 4.79 Å². The van der Waals surface area contributed by atoms with Gasteiger partial charge in [0.15, 0.2) is 17.3 Å². The number of nitrogens with zero attached hydrogens (tertiary/aromatic N) is 1. The first kappa shape index (κ1) is 14.5. The summed E-state index contributed by atoms with van der Waals surface area (Å²) in [4.78, 5) is 12.5. The van der Waals surface area contributed by atoms with E-state index in [1.807, 2.05) is 13.8 Å². The summed E-state index contributed by atoms with van der Waals surface area (Å²) in [6.07, 6.45) is 1.48. The van der Waals surface area contributed by atoms with Crippen LogP contribution in [-0.2, 0) is 11.2 Å². The predicted octanol–water partition coefficient (Wildman–Crippen LogP) is 3.28. The van der Waals surface area contributed by atoms with E-state index in [-0.39, 0.29) is 18.0 Å². The standard InChI is InChI=1S/C16H18FNO2/c1-15(2)6-7-16(10-18,14(15)19)9-11-4-5-13(20-3)12(17)8-11/h4-5,8H,6-7,9H2,1-3H3. The van der Waals surface area contributed by atoms with Crippen LogP contribution in [0.5, 0.6) is 5.75 Å². The zero-order chi connectivity index (χ0) is 15.0. The van der Waals surface area contributed by atoms with Crippen molar-refractivity contribution in [1.82, 2.24) is 0 Å². The molecule has 0 aromatic heterocycles. The van der Waals surface area contributed by atoms with Crippen LogP contribution in [-0.4, -0.2) is 12.9 Å². The summed E-state index contributed by atoms with van der Waals surface area (Å²) in [7, 11) is 1.40. The number of ether oxygens (including phenoxy) is 1. The zero-order valence-electron chi connectivity index (χ0n) is 12.0. The molecule has 4 heteroatoms. The number of hydrogen-bond acceptors (Lipinski definition) is 3. The van der Waals surface area contributed by atoms with Gasteiger partial charge in [0.25, 0.3) is 0 Å². The summed E-state index contributed by atoms with van der Waals surface area (Å²) in [5.74, 6) is -0.343. The third-order valence-electron chi connectivity index (χ3n) is 4.16. The first-order valence-corrected chi connectivity index (χ1v) is 6.63. The largest absolute Gasteiger partial charge is 0.494 e. The van der Waals surface area contributed by atoms with Crippen molar-refractivity contribution in [3.8, 4) is 11.8 Å². The molecule has 0 N–H and O–H groups in total. The molecule has 1 aliphatic rings. The van der Waals surface area contributed by atoms with E-state index in [2.05, 4.69) is 6.07 Å².